The molecule has 14 heavy (non-hydrogen) atoms. The number of nitrogens with zero attached hydrogens (tertiary/aromatic N) is 4. The lowest BCUT2D eigenvalue weighted by atomic mass is 10.2. The molecule has 0 bridgehead atoms. The Bertz CT molecular complexity index is 215. The number of hydrogen-bond donors (Lipinski definition) is 0. The fraction of sp³-hybridized carbons (Fsp3) is 0.800. The summed E-state index contributed by atoms with van der Waals surface area (Å²) in [5, 5.41) is 15.9. The average molecular weight is 194 g/mol. The molecule has 0 radical (unpaired) electrons. The summed E-state index contributed by atoms with van der Waals surface area (Å²) in [5.41, 5.74) is 0. The van der Waals surface area contributed by atoms with Gasteiger partial charge in [-0.15, -0.1) is 0 Å². The summed E-state index contributed by atoms with van der Waals surface area (Å²) in [6, 6.07) is 2.37. The summed E-state index contributed by atoms with van der Waals surface area (Å²) in [5.74, 6) is 0. The molecule has 0 aliphatic carbocycles. The Hall–Kier alpha value is -1.26. The molecule has 1 fully saturated rings. The van der Waals surface area contributed by atoms with Crippen LogP contribution in [0.25, 0.3) is 0 Å². The fourth-order valence-electron chi connectivity index (χ4n) is 1.34. The quantitative estimate of drug-likeness (QED) is 0.585. The van der Waals surface area contributed by atoms with Crippen LogP contribution in [-0.4, -0.2) is 42.0 Å². The molecule has 78 valence electrons. The first-order valence-electron chi connectivity index (χ1n) is 4.85. The molecule has 1 saturated heterocycles. The van der Waals surface area contributed by atoms with Gasteiger partial charge in [-0.05, 0) is 13.8 Å². The van der Waals surface area contributed by atoms with Crippen LogP contribution in [0.15, 0.2) is 0 Å². The van der Waals surface area contributed by atoms with Crippen molar-refractivity contribution in [1.82, 2.24) is 9.80 Å². The van der Waals surface area contributed by atoms with E-state index < -0.39 is 0 Å². The molecular formula is C10H18N4. The highest BCUT2D eigenvalue weighted by Gasteiger charge is 2.16. The van der Waals surface area contributed by atoms with Crippen LogP contribution < -0.4 is 0 Å². The summed E-state index contributed by atoms with van der Waals surface area (Å²) in [4.78, 5) is 4.22. The maximum absolute atomic E-state index is 8.57. The van der Waals surface area contributed by atoms with E-state index in [-0.39, 0.29) is 0 Å². The van der Waals surface area contributed by atoms with Crippen molar-refractivity contribution in [2.45, 2.75) is 26.8 Å². The van der Waals surface area contributed by atoms with E-state index in [4.69, 9.17) is 10.5 Å². The Balaban J connectivity index is 0.000000500. The molecule has 0 aromatic carbocycles. The molecule has 1 aliphatic heterocycles. The zero-order valence-electron chi connectivity index (χ0n) is 9.19. The lowest BCUT2D eigenvalue weighted by Gasteiger charge is -2.34. The Morgan fingerprint density at radius 1 is 1.07 bits per heavy atom. The number of hydrogen-bond acceptors (Lipinski definition) is 4. The van der Waals surface area contributed by atoms with Crippen LogP contribution in [0.4, 0.5) is 0 Å². The average Bonchev–Trinajstić information content (AvgIpc) is 2.19. The minimum atomic E-state index is 0.621. The number of piperazine rings is 1. The van der Waals surface area contributed by atoms with Crippen molar-refractivity contribution in [1.29, 1.82) is 10.5 Å². The highest BCUT2D eigenvalue weighted by Crippen LogP contribution is 2.03. The summed E-state index contributed by atoms with van der Waals surface area (Å²) in [7, 11) is 0. The van der Waals surface area contributed by atoms with E-state index >= 15 is 0 Å². The van der Waals surface area contributed by atoms with Gasteiger partial charge >= 0.3 is 0 Å². The zero-order chi connectivity index (χ0) is 11.0. The predicted octanol–water partition coefficient (Wildman–Crippen LogP) is 1.02. The minimum absolute atomic E-state index is 0.621. The van der Waals surface area contributed by atoms with E-state index in [9.17, 15) is 0 Å². The molecule has 0 saturated carbocycles. The van der Waals surface area contributed by atoms with E-state index in [0.29, 0.717) is 6.04 Å². The van der Waals surface area contributed by atoms with Gasteiger partial charge in [0.05, 0.1) is 6.07 Å². The van der Waals surface area contributed by atoms with Gasteiger partial charge in [0, 0.05) is 39.1 Å². The molecule has 0 unspecified atom stereocenters. The van der Waals surface area contributed by atoms with Gasteiger partial charge in [0.2, 0.25) is 0 Å². The van der Waals surface area contributed by atoms with Crippen LogP contribution in [0.2, 0.25) is 0 Å². The lowest BCUT2D eigenvalue weighted by molar-refractivity contribution is 0.142. The van der Waals surface area contributed by atoms with E-state index in [2.05, 4.69) is 24.9 Å². The van der Waals surface area contributed by atoms with Gasteiger partial charge in [0.15, 0.2) is 6.19 Å². The van der Waals surface area contributed by atoms with Crippen LogP contribution in [-0.2, 0) is 0 Å². The van der Waals surface area contributed by atoms with Crippen molar-refractivity contribution in [2.24, 2.45) is 0 Å². The molecule has 0 atom stereocenters. The van der Waals surface area contributed by atoms with Gasteiger partial charge in [-0.3, -0.25) is 4.90 Å². The molecular weight excluding hydrogens is 176 g/mol. The van der Waals surface area contributed by atoms with Gasteiger partial charge in [-0.2, -0.15) is 10.5 Å². The van der Waals surface area contributed by atoms with Gasteiger partial charge in [-0.25, -0.2) is 0 Å². The first-order valence-corrected chi connectivity index (χ1v) is 4.85. The Morgan fingerprint density at radius 3 is 1.79 bits per heavy atom. The second-order valence-corrected chi connectivity index (χ2v) is 3.44. The van der Waals surface area contributed by atoms with Gasteiger partial charge < -0.3 is 4.90 Å². The van der Waals surface area contributed by atoms with Gasteiger partial charge in [0.25, 0.3) is 0 Å². The molecule has 1 aliphatic rings. The van der Waals surface area contributed by atoms with Crippen molar-refractivity contribution in [3.05, 3.63) is 0 Å². The SMILES string of the molecule is CC#N.CC(C)N1CCN(C#N)CC1. The van der Waals surface area contributed by atoms with Gasteiger partial charge in [-0.1, -0.05) is 0 Å². The summed E-state index contributed by atoms with van der Waals surface area (Å²) < 4.78 is 0. The molecule has 0 N–H and O–H groups in total. The highest BCUT2D eigenvalue weighted by molar-refractivity contribution is 4.81. The zero-order valence-corrected chi connectivity index (χ0v) is 9.19. The van der Waals surface area contributed by atoms with Crippen LogP contribution in [0.5, 0.6) is 0 Å². The lowest BCUT2D eigenvalue weighted by Crippen LogP contribution is -2.46. The summed E-state index contributed by atoms with van der Waals surface area (Å²) >= 11 is 0. The van der Waals surface area contributed by atoms with Crippen molar-refractivity contribution in [3.8, 4) is 12.3 Å². The van der Waals surface area contributed by atoms with E-state index in [1.165, 1.54) is 6.92 Å². The Labute approximate surface area is 86.3 Å². The third kappa shape index (κ3) is 4.69. The van der Waals surface area contributed by atoms with E-state index in [0.717, 1.165) is 26.2 Å². The molecule has 0 amide bonds. The second-order valence-electron chi connectivity index (χ2n) is 3.44. The predicted molar refractivity (Wildman–Crippen MR) is 55.2 cm³/mol. The normalized spacial score (nSPS) is 16.6. The molecule has 4 heteroatoms. The maximum Gasteiger partial charge on any atom is 0.179 e. The molecule has 1 rings (SSSR count). The maximum atomic E-state index is 8.57. The van der Waals surface area contributed by atoms with E-state index in [1.807, 2.05) is 4.90 Å². The number of rotatable bonds is 1. The van der Waals surface area contributed by atoms with Crippen LogP contribution in [0.1, 0.15) is 20.8 Å². The third-order valence-electron chi connectivity index (χ3n) is 2.19. The van der Waals surface area contributed by atoms with Crippen molar-refractivity contribution in [3.63, 3.8) is 0 Å². The Kier molecular flexibility index (Phi) is 6.53. The third-order valence-corrected chi connectivity index (χ3v) is 2.19. The highest BCUT2D eigenvalue weighted by atomic mass is 15.3. The summed E-state index contributed by atoms with van der Waals surface area (Å²) in [6.07, 6.45) is 2.17. The van der Waals surface area contributed by atoms with Crippen LogP contribution in [0.3, 0.4) is 0 Å². The van der Waals surface area contributed by atoms with E-state index in [1.54, 1.807) is 6.07 Å². The molecule has 0 aromatic heterocycles. The van der Waals surface area contributed by atoms with Crippen molar-refractivity contribution < 1.29 is 0 Å². The second kappa shape index (κ2) is 7.17. The number of nitriles is 2. The van der Waals surface area contributed by atoms with Crippen molar-refractivity contribution >= 4 is 0 Å². The minimum Gasteiger partial charge on any atom is -0.308 e. The first-order chi connectivity index (χ1) is 6.65. The van der Waals surface area contributed by atoms with Crippen LogP contribution in [0, 0.1) is 22.8 Å². The standard InChI is InChI=1S/C8H15N3.C2H3N/c1-8(2)11-5-3-10(7-9)4-6-11;1-2-3/h8H,3-6H2,1-2H3;1H3. The van der Waals surface area contributed by atoms with Crippen molar-refractivity contribution in [2.75, 3.05) is 26.2 Å². The molecule has 0 aromatic rings. The fourth-order valence-corrected chi connectivity index (χ4v) is 1.34. The Morgan fingerprint density at radius 2 is 1.50 bits per heavy atom. The molecule has 1 heterocycles. The largest absolute Gasteiger partial charge is 0.308 e. The molecule has 4 nitrogen and oxygen atoms in total. The first kappa shape index (κ1) is 12.7. The smallest absolute Gasteiger partial charge is 0.179 e. The van der Waals surface area contributed by atoms with Gasteiger partial charge in [0.1, 0.15) is 0 Å². The summed E-state index contributed by atoms with van der Waals surface area (Å²) in [6.45, 7) is 9.68. The monoisotopic (exact) mass is 194 g/mol. The topological polar surface area (TPSA) is 54.1 Å². The molecule has 0 spiro atoms. The van der Waals surface area contributed by atoms with Crippen LogP contribution >= 0.6 is 0 Å².